The lowest BCUT2D eigenvalue weighted by Crippen LogP contribution is -1.99. The van der Waals surface area contributed by atoms with Gasteiger partial charge in [0.05, 0.1) is 29.2 Å². The highest BCUT2D eigenvalue weighted by Gasteiger charge is 2.09. The lowest BCUT2D eigenvalue weighted by Gasteiger charge is -2.12. The number of para-hydroxylation sites is 1. The highest BCUT2D eigenvalue weighted by atomic mass is 35.5. The van der Waals surface area contributed by atoms with Gasteiger partial charge in [-0.25, -0.2) is 4.39 Å². The molecule has 0 bridgehead atoms. The van der Waals surface area contributed by atoms with Crippen LogP contribution in [0.25, 0.3) is 0 Å². The van der Waals surface area contributed by atoms with Crippen LogP contribution < -0.4 is 15.8 Å². The topological polar surface area (TPSA) is 47.3 Å². The SMILES string of the molecule is COc1cc(Nc2ccccc2Cl)c(F)cc1N. The summed E-state index contributed by atoms with van der Waals surface area (Å²) in [5, 5.41) is 3.41. The maximum absolute atomic E-state index is 13.7. The molecule has 0 aromatic heterocycles. The number of halogens is 2. The number of anilines is 3. The first-order valence-electron chi connectivity index (χ1n) is 5.26. The first-order chi connectivity index (χ1) is 8.61. The van der Waals surface area contributed by atoms with E-state index < -0.39 is 5.82 Å². The van der Waals surface area contributed by atoms with Gasteiger partial charge >= 0.3 is 0 Å². The third-order valence-corrected chi connectivity index (χ3v) is 2.79. The summed E-state index contributed by atoms with van der Waals surface area (Å²) in [4.78, 5) is 0. The van der Waals surface area contributed by atoms with Gasteiger partial charge in [-0.3, -0.25) is 0 Å². The molecule has 0 aliphatic carbocycles. The molecule has 0 spiro atoms. The van der Waals surface area contributed by atoms with Gasteiger partial charge < -0.3 is 15.8 Å². The van der Waals surface area contributed by atoms with Gasteiger partial charge in [0.25, 0.3) is 0 Å². The third kappa shape index (κ3) is 2.49. The van der Waals surface area contributed by atoms with Gasteiger partial charge in [0.1, 0.15) is 11.6 Å². The molecule has 94 valence electrons. The average Bonchev–Trinajstić information content (AvgIpc) is 2.35. The number of ether oxygens (including phenoxy) is 1. The third-order valence-electron chi connectivity index (χ3n) is 2.46. The van der Waals surface area contributed by atoms with Gasteiger partial charge in [0.2, 0.25) is 0 Å². The number of hydrogen-bond acceptors (Lipinski definition) is 3. The standard InChI is InChI=1S/C13H12ClFN2O/c1-18-13-7-12(9(15)6-10(13)16)17-11-5-3-2-4-8(11)14/h2-7,17H,16H2,1H3. The lowest BCUT2D eigenvalue weighted by molar-refractivity contribution is 0.416. The number of rotatable bonds is 3. The zero-order valence-electron chi connectivity index (χ0n) is 9.71. The van der Waals surface area contributed by atoms with E-state index in [9.17, 15) is 4.39 Å². The summed E-state index contributed by atoms with van der Waals surface area (Å²) in [7, 11) is 1.48. The second-order valence-electron chi connectivity index (χ2n) is 3.68. The molecule has 2 rings (SSSR count). The van der Waals surface area contributed by atoms with Crippen LogP contribution in [0.4, 0.5) is 21.5 Å². The molecular formula is C13H12ClFN2O. The fourth-order valence-corrected chi connectivity index (χ4v) is 1.73. The minimum Gasteiger partial charge on any atom is -0.495 e. The molecule has 0 aliphatic heterocycles. The molecule has 3 nitrogen and oxygen atoms in total. The predicted octanol–water partition coefficient (Wildman–Crippen LogP) is 3.81. The number of hydrogen-bond donors (Lipinski definition) is 2. The zero-order chi connectivity index (χ0) is 13.1. The quantitative estimate of drug-likeness (QED) is 0.831. The molecule has 0 unspecified atom stereocenters. The van der Waals surface area contributed by atoms with E-state index in [0.717, 1.165) is 0 Å². The van der Waals surface area contributed by atoms with E-state index in [2.05, 4.69) is 5.32 Å². The molecule has 0 aliphatic rings. The Balaban J connectivity index is 2.38. The van der Waals surface area contributed by atoms with Crippen LogP contribution in [0, 0.1) is 5.82 Å². The Morgan fingerprint density at radius 1 is 1.22 bits per heavy atom. The predicted molar refractivity (Wildman–Crippen MR) is 72.1 cm³/mol. The normalized spacial score (nSPS) is 10.2. The average molecular weight is 267 g/mol. The van der Waals surface area contributed by atoms with Crippen molar-refractivity contribution in [1.29, 1.82) is 0 Å². The number of methoxy groups -OCH3 is 1. The molecular weight excluding hydrogens is 255 g/mol. The highest BCUT2D eigenvalue weighted by Crippen LogP contribution is 2.32. The first kappa shape index (κ1) is 12.5. The molecule has 2 aromatic carbocycles. The van der Waals surface area contributed by atoms with Crippen LogP contribution in [0.5, 0.6) is 5.75 Å². The van der Waals surface area contributed by atoms with Crippen LogP contribution in [0.1, 0.15) is 0 Å². The van der Waals surface area contributed by atoms with Crippen LogP contribution in [0.2, 0.25) is 5.02 Å². The van der Waals surface area contributed by atoms with Crippen molar-refractivity contribution in [2.45, 2.75) is 0 Å². The Bertz CT molecular complexity index is 575. The summed E-state index contributed by atoms with van der Waals surface area (Å²) in [5.74, 6) is -0.0563. The van der Waals surface area contributed by atoms with Gasteiger partial charge in [-0.15, -0.1) is 0 Å². The molecule has 5 heteroatoms. The number of nitrogen functional groups attached to an aromatic ring is 1. The minimum absolute atomic E-state index is 0.250. The Kier molecular flexibility index (Phi) is 3.58. The van der Waals surface area contributed by atoms with Crippen LogP contribution >= 0.6 is 11.6 Å². The Morgan fingerprint density at radius 3 is 2.61 bits per heavy atom. The number of nitrogens with one attached hydrogen (secondary N) is 1. The van der Waals surface area contributed by atoms with Crippen molar-refractivity contribution in [2.75, 3.05) is 18.2 Å². The van der Waals surface area contributed by atoms with Crippen LogP contribution in [-0.2, 0) is 0 Å². The Hall–Kier alpha value is -1.94. The highest BCUT2D eigenvalue weighted by molar-refractivity contribution is 6.33. The second kappa shape index (κ2) is 5.14. The van der Waals surface area contributed by atoms with Crippen molar-refractivity contribution in [2.24, 2.45) is 0 Å². The zero-order valence-corrected chi connectivity index (χ0v) is 10.5. The van der Waals surface area contributed by atoms with Crippen LogP contribution in [-0.4, -0.2) is 7.11 Å². The molecule has 0 amide bonds. The largest absolute Gasteiger partial charge is 0.495 e. The fraction of sp³-hybridized carbons (Fsp3) is 0.0769. The molecule has 0 heterocycles. The molecule has 0 saturated carbocycles. The molecule has 0 atom stereocenters. The Morgan fingerprint density at radius 2 is 1.94 bits per heavy atom. The maximum atomic E-state index is 13.7. The van der Waals surface area contributed by atoms with E-state index >= 15 is 0 Å². The van der Waals surface area contributed by atoms with E-state index in [1.54, 1.807) is 24.3 Å². The van der Waals surface area contributed by atoms with Gasteiger partial charge in [-0.2, -0.15) is 0 Å². The molecule has 18 heavy (non-hydrogen) atoms. The molecule has 0 radical (unpaired) electrons. The maximum Gasteiger partial charge on any atom is 0.148 e. The van der Waals surface area contributed by atoms with E-state index in [1.165, 1.54) is 19.2 Å². The molecule has 2 aromatic rings. The summed E-state index contributed by atoms with van der Waals surface area (Å²) in [5.41, 5.74) is 6.73. The summed E-state index contributed by atoms with van der Waals surface area (Å²) < 4.78 is 18.8. The van der Waals surface area contributed by atoms with Crippen LogP contribution in [0.3, 0.4) is 0 Å². The van der Waals surface area contributed by atoms with Crippen molar-refractivity contribution in [3.63, 3.8) is 0 Å². The van der Waals surface area contributed by atoms with Crippen LogP contribution in [0.15, 0.2) is 36.4 Å². The van der Waals surface area contributed by atoms with E-state index in [1.807, 2.05) is 0 Å². The second-order valence-corrected chi connectivity index (χ2v) is 4.09. The minimum atomic E-state index is -0.465. The first-order valence-corrected chi connectivity index (χ1v) is 5.64. The summed E-state index contributed by atoms with van der Waals surface area (Å²) in [6, 6.07) is 9.78. The van der Waals surface area contributed by atoms with Gasteiger partial charge in [-0.05, 0) is 12.1 Å². The van der Waals surface area contributed by atoms with Gasteiger partial charge in [0.15, 0.2) is 0 Å². The van der Waals surface area contributed by atoms with Gasteiger partial charge in [-0.1, -0.05) is 23.7 Å². The number of nitrogens with two attached hydrogens (primary N) is 1. The molecule has 0 fully saturated rings. The summed E-state index contributed by atoms with van der Waals surface area (Å²) in [6.07, 6.45) is 0. The smallest absolute Gasteiger partial charge is 0.148 e. The Labute approximate surface area is 109 Å². The van der Waals surface area contributed by atoms with Crippen molar-refractivity contribution in [3.8, 4) is 5.75 Å². The summed E-state index contributed by atoms with van der Waals surface area (Å²) >= 11 is 5.99. The van der Waals surface area contributed by atoms with E-state index in [4.69, 9.17) is 22.1 Å². The molecule has 0 saturated heterocycles. The van der Waals surface area contributed by atoms with Crippen molar-refractivity contribution in [1.82, 2.24) is 0 Å². The fourth-order valence-electron chi connectivity index (χ4n) is 1.55. The van der Waals surface area contributed by atoms with Crippen molar-refractivity contribution < 1.29 is 9.13 Å². The lowest BCUT2D eigenvalue weighted by atomic mass is 10.2. The summed E-state index contributed by atoms with van der Waals surface area (Å²) in [6.45, 7) is 0. The number of benzene rings is 2. The van der Waals surface area contributed by atoms with E-state index in [0.29, 0.717) is 16.5 Å². The van der Waals surface area contributed by atoms with E-state index in [-0.39, 0.29) is 11.4 Å². The molecule has 3 N–H and O–H groups in total. The van der Waals surface area contributed by atoms with Crippen molar-refractivity contribution >= 4 is 28.7 Å². The van der Waals surface area contributed by atoms with Gasteiger partial charge in [0, 0.05) is 12.1 Å². The van der Waals surface area contributed by atoms with Crippen molar-refractivity contribution in [3.05, 3.63) is 47.2 Å². The monoisotopic (exact) mass is 266 g/mol.